The van der Waals surface area contributed by atoms with E-state index in [-0.39, 0.29) is 25.3 Å². The van der Waals surface area contributed by atoms with Crippen molar-refractivity contribution in [1.82, 2.24) is 5.32 Å². The smallest absolute Gasteiger partial charge is 0.230 e. The zero-order chi connectivity index (χ0) is 15.1. The molecular weight excluding hydrogens is 329 g/mol. The summed E-state index contributed by atoms with van der Waals surface area (Å²) in [6.45, 7) is 5.78. The standard InChI is InChI=1S/C15H18Cl3NO.CH4/c1-4-14(10(3)15(14,17)18)13(20)19-9(2)11-5-7-12(16)8-6-11;/h5-10H,4H2,1-3H3,(H,19,20);1H4. The average Bonchev–Trinajstić information content (AvgIpc) is 2.84. The molecule has 1 N–H and O–H groups in total. The Hall–Kier alpha value is -0.440. The van der Waals surface area contributed by atoms with Crippen molar-refractivity contribution >= 4 is 40.7 Å². The number of rotatable bonds is 4. The van der Waals surface area contributed by atoms with Crippen LogP contribution in [-0.2, 0) is 4.79 Å². The minimum absolute atomic E-state index is 0. The highest BCUT2D eigenvalue weighted by Crippen LogP contribution is 2.70. The third-order valence-corrected chi connectivity index (χ3v) is 6.06. The van der Waals surface area contributed by atoms with Gasteiger partial charge in [0.2, 0.25) is 5.91 Å². The molecule has 0 heterocycles. The molecule has 1 amide bonds. The highest BCUT2D eigenvalue weighted by molar-refractivity contribution is 6.53. The summed E-state index contributed by atoms with van der Waals surface area (Å²) in [5.41, 5.74) is 0.314. The van der Waals surface area contributed by atoms with E-state index in [1.165, 1.54) is 0 Å². The zero-order valence-electron chi connectivity index (χ0n) is 11.7. The lowest BCUT2D eigenvalue weighted by Gasteiger charge is -2.20. The van der Waals surface area contributed by atoms with Crippen molar-refractivity contribution in [2.24, 2.45) is 11.3 Å². The monoisotopic (exact) mass is 349 g/mol. The number of amides is 1. The first-order valence-electron chi connectivity index (χ1n) is 6.71. The van der Waals surface area contributed by atoms with Crippen molar-refractivity contribution in [2.75, 3.05) is 0 Å². The van der Waals surface area contributed by atoms with Crippen LogP contribution in [0.25, 0.3) is 0 Å². The molecule has 1 aliphatic carbocycles. The number of nitrogens with one attached hydrogen (secondary N) is 1. The predicted octanol–water partition coefficient (Wildman–Crippen LogP) is 5.37. The normalized spacial score (nSPS) is 27.4. The molecule has 0 aliphatic heterocycles. The van der Waals surface area contributed by atoms with Crippen LogP contribution < -0.4 is 5.32 Å². The van der Waals surface area contributed by atoms with Crippen molar-refractivity contribution in [3.8, 4) is 0 Å². The first-order chi connectivity index (χ1) is 9.27. The van der Waals surface area contributed by atoms with E-state index in [1.54, 1.807) is 0 Å². The molecule has 1 aromatic rings. The maximum atomic E-state index is 12.5. The van der Waals surface area contributed by atoms with Gasteiger partial charge in [0.1, 0.15) is 4.33 Å². The summed E-state index contributed by atoms with van der Waals surface area (Å²) >= 11 is 18.4. The van der Waals surface area contributed by atoms with E-state index >= 15 is 0 Å². The number of hydrogen-bond donors (Lipinski definition) is 1. The maximum Gasteiger partial charge on any atom is 0.230 e. The Morgan fingerprint density at radius 1 is 1.33 bits per heavy atom. The molecule has 1 aliphatic rings. The summed E-state index contributed by atoms with van der Waals surface area (Å²) in [6.07, 6.45) is 0.625. The number of hydrogen-bond acceptors (Lipinski definition) is 1. The molecular formula is C16H22Cl3NO. The number of carbonyl (C=O) groups excluding carboxylic acids is 1. The molecule has 0 saturated heterocycles. The third-order valence-electron chi connectivity index (χ3n) is 4.47. The van der Waals surface area contributed by atoms with E-state index in [0.717, 1.165) is 5.56 Å². The van der Waals surface area contributed by atoms with Crippen molar-refractivity contribution in [1.29, 1.82) is 0 Å². The van der Waals surface area contributed by atoms with Crippen LogP contribution in [0.2, 0.25) is 5.02 Å². The summed E-state index contributed by atoms with van der Waals surface area (Å²) in [5, 5.41) is 3.68. The Morgan fingerprint density at radius 3 is 2.19 bits per heavy atom. The molecule has 2 rings (SSSR count). The maximum absolute atomic E-state index is 12.5. The Bertz CT molecular complexity index is 515. The van der Waals surface area contributed by atoms with Crippen LogP contribution >= 0.6 is 34.8 Å². The van der Waals surface area contributed by atoms with E-state index in [4.69, 9.17) is 34.8 Å². The molecule has 2 nitrogen and oxygen atoms in total. The van der Waals surface area contributed by atoms with Gasteiger partial charge in [-0.15, -0.1) is 23.2 Å². The second kappa shape index (κ2) is 6.36. The number of halogens is 3. The summed E-state index contributed by atoms with van der Waals surface area (Å²) in [7, 11) is 0. The van der Waals surface area contributed by atoms with E-state index in [1.807, 2.05) is 45.0 Å². The van der Waals surface area contributed by atoms with Crippen LogP contribution in [0.5, 0.6) is 0 Å². The van der Waals surface area contributed by atoms with Crippen molar-refractivity contribution in [3.05, 3.63) is 34.9 Å². The van der Waals surface area contributed by atoms with Gasteiger partial charge in [-0.2, -0.15) is 0 Å². The second-order valence-electron chi connectivity index (χ2n) is 5.42. The molecule has 1 fully saturated rings. The molecule has 21 heavy (non-hydrogen) atoms. The van der Waals surface area contributed by atoms with Gasteiger partial charge >= 0.3 is 0 Å². The number of benzene rings is 1. The molecule has 1 saturated carbocycles. The predicted molar refractivity (Wildman–Crippen MR) is 91.1 cm³/mol. The minimum atomic E-state index is -0.967. The first kappa shape index (κ1) is 18.6. The molecule has 0 radical (unpaired) electrons. The van der Waals surface area contributed by atoms with Gasteiger partial charge in [0.05, 0.1) is 11.5 Å². The molecule has 0 aromatic heterocycles. The first-order valence-corrected chi connectivity index (χ1v) is 7.85. The Morgan fingerprint density at radius 2 is 1.81 bits per heavy atom. The fourth-order valence-electron chi connectivity index (χ4n) is 2.85. The van der Waals surface area contributed by atoms with Crippen molar-refractivity contribution in [3.63, 3.8) is 0 Å². The van der Waals surface area contributed by atoms with Gasteiger partial charge in [0.15, 0.2) is 0 Å². The van der Waals surface area contributed by atoms with Crippen LogP contribution in [0.4, 0.5) is 0 Å². The molecule has 0 spiro atoms. The summed E-state index contributed by atoms with van der Waals surface area (Å²) in [5.74, 6) is -0.124. The molecule has 5 heteroatoms. The van der Waals surface area contributed by atoms with Crippen molar-refractivity contribution in [2.45, 2.75) is 45.0 Å². The molecule has 118 valence electrons. The van der Waals surface area contributed by atoms with E-state index in [9.17, 15) is 4.79 Å². The Kier molecular flexibility index (Phi) is 5.63. The fraction of sp³-hybridized carbons (Fsp3) is 0.562. The number of carbonyl (C=O) groups is 1. The lowest BCUT2D eigenvalue weighted by Crippen LogP contribution is -2.36. The van der Waals surface area contributed by atoms with Crippen LogP contribution in [0.3, 0.4) is 0 Å². The molecule has 3 atom stereocenters. The van der Waals surface area contributed by atoms with E-state index in [2.05, 4.69) is 5.32 Å². The van der Waals surface area contributed by atoms with Gasteiger partial charge in [-0.05, 0) is 31.0 Å². The van der Waals surface area contributed by atoms with Crippen molar-refractivity contribution < 1.29 is 4.79 Å². The van der Waals surface area contributed by atoms with Gasteiger partial charge < -0.3 is 5.32 Å². The molecule has 0 bridgehead atoms. The fourth-order valence-corrected chi connectivity index (χ4v) is 4.01. The minimum Gasteiger partial charge on any atom is -0.349 e. The summed E-state index contributed by atoms with van der Waals surface area (Å²) in [4.78, 5) is 12.5. The molecule has 1 aromatic carbocycles. The zero-order valence-corrected chi connectivity index (χ0v) is 14.0. The van der Waals surface area contributed by atoms with Gasteiger partial charge in [-0.3, -0.25) is 4.79 Å². The highest BCUT2D eigenvalue weighted by atomic mass is 35.5. The second-order valence-corrected chi connectivity index (χ2v) is 7.24. The lowest BCUT2D eigenvalue weighted by molar-refractivity contribution is -0.127. The summed E-state index contributed by atoms with van der Waals surface area (Å²) < 4.78 is -0.967. The SMILES string of the molecule is C.CCC1(C(=O)NC(C)c2ccc(Cl)cc2)C(C)C1(Cl)Cl. The quantitative estimate of drug-likeness (QED) is 0.726. The van der Waals surface area contributed by atoms with Crippen LogP contribution in [0, 0.1) is 11.3 Å². The lowest BCUT2D eigenvalue weighted by atomic mass is 9.98. The van der Waals surface area contributed by atoms with Crippen LogP contribution in [0.1, 0.15) is 46.2 Å². The van der Waals surface area contributed by atoms with Crippen LogP contribution in [0.15, 0.2) is 24.3 Å². The van der Waals surface area contributed by atoms with E-state index < -0.39 is 9.75 Å². The van der Waals surface area contributed by atoms with E-state index in [0.29, 0.717) is 11.4 Å². The Balaban J connectivity index is 0.00000220. The highest BCUT2D eigenvalue weighted by Gasteiger charge is 2.76. The van der Waals surface area contributed by atoms with Gasteiger partial charge in [-0.1, -0.05) is 45.0 Å². The van der Waals surface area contributed by atoms with Crippen LogP contribution in [-0.4, -0.2) is 10.2 Å². The molecule has 3 unspecified atom stereocenters. The van der Waals surface area contributed by atoms with Gasteiger partial charge in [-0.25, -0.2) is 0 Å². The van der Waals surface area contributed by atoms with Gasteiger partial charge in [0, 0.05) is 10.9 Å². The average molecular weight is 351 g/mol. The number of alkyl halides is 2. The topological polar surface area (TPSA) is 29.1 Å². The third kappa shape index (κ3) is 2.91. The Labute approximate surface area is 142 Å². The largest absolute Gasteiger partial charge is 0.349 e. The summed E-state index contributed by atoms with van der Waals surface area (Å²) in [6, 6.07) is 7.30. The van der Waals surface area contributed by atoms with Gasteiger partial charge in [0.25, 0.3) is 0 Å².